The first-order valence-electron chi connectivity index (χ1n) is 5.68. The average molecular weight is 258 g/mol. The molecule has 2 aromatic rings. The molecule has 0 spiro atoms. The summed E-state index contributed by atoms with van der Waals surface area (Å²) in [7, 11) is 0. The van der Waals surface area contributed by atoms with Crippen molar-refractivity contribution in [3.8, 4) is 0 Å². The predicted octanol–water partition coefficient (Wildman–Crippen LogP) is 3.77. The van der Waals surface area contributed by atoms with E-state index in [1.54, 1.807) is 17.8 Å². The van der Waals surface area contributed by atoms with Gasteiger partial charge in [0.05, 0.1) is 12.5 Å². The van der Waals surface area contributed by atoms with E-state index in [1.807, 2.05) is 48.5 Å². The highest BCUT2D eigenvalue weighted by atomic mass is 32.2. The van der Waals surface area contributed by atoms with Crippen LogP contribution in [0.4, 0.5) is 0 Å². The Morgan fingerprint density at radius 1 is 1.06 bits per heavy atom. The lowest BCUT2D eigenvalue weighted by Gasteiger charge is -2.04. The molecule has 0 aliphatic carbocycles. The number of carbonyl (C=O) groups excluding carboxylic acids is 1. The van der Waals surface area contributed by atoms with Crippen LogP contribution in [0.3, 0.4) is 0 Å². The maximum Gasteiger partial charge on any atom is 0.150 e. The number of rotatable bonds is 6. The fraction of sp³-hybridized carbons (Fsp3) is 0.133. The van der Waals surface area contributed by atoms with Crippen LogP contribution in [0.5, 0.6) is 0 Å². The minimum absolute atomic E-state index is 0.581. The molecule has 0 aliphatic heterocycles. The third-order valence-electron chi connectivity index (χ3n) is 2.41. The Kier molecular flexibility index (Phi) is 5.00. The smallest absolute Gasteiger partial charge is 0.150 e. The molecule has 0 radical (unpaired) electrons. The molecule has 92 valence electrons. The van der Waals surface area contributed by atoms with Crippen molar-refractivity contribution in [1.29, 1.82) is 0 Å². The first kappa shape index (κ1) is 12.9. The standard InChI is InChI=1S/C15H14O2S/c16-10-14-7-4-8-15(9-14)18-12-17-11-13-5-2-1-3-6-13/h1-10H,11-12H2. The van der Waals surface area contributed by atoms with E-state index in [0.29, 0.717) is 18.1 Å². The molecule has 18 heavy (non-hydrogen) atoms. The zero-order valence-electron chi connectivity index (χ0n) is 9.91. The van der Waals surface area contributed by atoms with Crippen LogP contribution in [0.25, 0.3) is 0 Å². The maximum absolute atomic E-state index is 10.6. The molecule has 0 amide bonds. The van der Waals surface area contributed by atoms with Crippen LogP contribution in [-0.4, -0.2) is 12.2 Å². The van der Waals surface area contributed by atoms with Crippen LogP contribution in [0.2, 0.25) is 0 Å². The molecule has 0 unspecified atom stereocenters. The lowest BCUT2D eigenvalue weighted by molar-refractivity contribution is 0.112. The Balaban J connectivity index is 1.76. The number of thioether (sulfide) groups is 1. The van der Waals surface area contributed by atoms with E-state index in [1.165, 1.54) is 5.56 Å². The van der Waals surface area contributed by atoms with Crippen LogP contribution >= 0.6 is 11.8 Å². The first-order valence-corrected chi connectivity index (χ1v) is 6.67. The molecule has 0 saturated carbocycles. The topological polar surface area (TPSA) is 26.3 Å². The molecule has 0 aromatic heterocycles. The Hall–Kier alpha value is -1.58. The van der Waals surface area contributed by atoms with E-state index < -0.39 is 0 Å². The lowest BCUT2D eigenvalue weighted by atomic mass is 10.2. The van der Waals surface area contributed by atoms with Crippen molar-refractivity contribution in [3.63, 3.8) is 0 Å². The van der Waals surface area contributed by atoms with Gasteiger partial charge in [-0.2, -0.15) is 0 Å². The Labute approximate surface area is 111 Å². The van der Waals surface area contributed by atoms with Gasteiger partial charge < -0.3 is 4.74 Å². The Morgan fingerprint density at radius 2 is 1.89 bits per heavy atom. The summed E-state index contributed by atoms with van der Waals surface area (Å²) in [6.07, 6.45) is 0.856. The average Bonchev–Trinajstić information content (AvgIpc) is 2.45. The van der Waals surface area contributed by atoms with Crippen molar-refractivity contribution >= 4 is 18.0 Å². The highest BCUT2D eigenvalue weighted by molar-refractivity contribution is 7.99. The largest absolute Gasteiger partial charge is 0.366 e. The van der Waals surface area contributed by atoms with Crippen LogP contribution in [0.1, 0.15) is 15.9 Å². The minimum atomic E-state index is 0.581. The van der Waals surface area contributed by atoms with Gasteiger partial charge in [-0.25, -0.2) is 0 Å². The molecule has 0 bridgehead atoms. The first-order chi connectivity index (χ1) is 8.88. The lowest BCUT2D eigenvalue weighted by Crippen LogP contribution is -1.92. The summed E-state index contributed by atoms with van der Waals surface area (Å²) in [5.41, 5.74) is 1.86. The van der Waals surface area contributed by atoms with Gasteiger partial charge in [0, 0.05) is 10.5 Å². The second-order valence-corrected chi connectivity index (χ2v) is 4.78. The van der Waals surface area contributed by atoms with Crippen LogP contribution in [0.15, 0.2) is 59.5 Å². The van der Waals surface area contributed by atoms with Gasteiger partial charge in [0.25, 0.3) is 0 Å². The van der Waals surface area contributed by atoms with Crippen LogP contribution in [0, 0.1) is 0 Å². The molecular weight excluding hydrogens is 244 g/mol. The van der Waals surface area contributed by atoms with E-state index in [2.05, 4.69) is 0 Å². The fourth-order valence-electron chi connectivity index (χ4n) is 1.52. The number of carbonyl (C=O) groups is 1. The van der Waals surface area contributed by atoms with Gasteiger partial charge in [-0.3, -0.25) is 4.79 Å². The van der Waals surface area contributed by atoms with Gasteiger partial charge in [-0.05, 0) is 17.7 Å². The third kappa shape index (κ3) is 4.02. The molecule has 3 heteroatoms. The van der Waals surface area contributed by atoms with Crippen LogP contribution in [-0.2, 0) is 11.3 Å². The van der Waals surface area contributed by atoms with Crippen molar-refractivity contribution < 1.29 is 9.53 Å². The van der Waals surface area contributed by atoms with Crippen molar-refractivity contribution in [2.75, 3.05) is 5.94 Å². The maximum atomic E-state index is 10.6. The molecule has 0 saturated heterocycles. The second-order valence-electron chi connectivity index (χ2n) is 3.79. The van der Waals surface area contributed by atoms with Crippen molar-refractivity contribution in [2.24, 2.45) is 0 Å². The van der Waals surface area contributed by atoms with Crippen LogP contribution < -0.4 is 0 Å². The van der Waals surface area contributed by atoms with Gasteiger partial charge in [0.15, 0.2) is 0 Å². The monoisotopic (exact) mass is 258 g/mol. The summed E-state index contributed by atoms with van der Waals surface area (Å²) >= 11 is 1.59. The number of benzene rings is 2. The number of hydrogen-bond acceptors (Lipinski definition) is 3. The highest BCUT2D eigenvalue weighted by Crippen LogP contribution is 2.19. The molecule has 0 aliphatic rings. The molecule has 0 heterocycles. The molecule has 0 fully saturated rings. The molecule has 0 atom stereocenters. The van der Waals surface area contributed by atoms with Gasteiger partial charge in [-0.1, -0.05) is 54.2 Å². The summed E-state index contributed by atoms with van der Waals surface area (Å²) in [6, 6.07) is 17.6. The summed E-state index contributed by atoms with van der Waals surface area (Å²) in [4.78, 5) is 11.7. The summed E-state index contributed by atoms with van der Waals surface area (Å²) in [5.74, 6) is 0.581. The van der Waals surface area contributed by atoms with E-state index in [4.69, 9.17) is 4.74 Å². The predicted molar refractivity (Wildman–Crippen MR) is 73.8 cm³/mol. The van der Waals surface area contributed by atoms with E-state index in [-0.39, 0.29) is 0 Å². The molecular formula is C15H14O2S. The summed E-state index contributed by atoms with van der Waals surface area (Å²) < 4.78 is 5.57. The number of hydrogen-bond donors (Lipinski definition) is 0. The van der Waals surface area contributed by atoms with Crippen molar-refractivity contribution in [3.05, 3.63) is 65.7 Å². The van der Waals surface area contributed by atoms with Gasteiger partial charge in [0.1, 0.15) is 6.29 Å². The summed E-state index contributed by atoms with van der Waals surface area (Å²) in [5, 5.41) is 0. The molecule has 2 nitrogen and oxygen atoms in total. The van der Waals surface area contributed by atoms with Crippen molar-refractivity contribution in [1.82, 2.24) is 0 Å². The molecule has 2 aromatic carbocycles. The molecule has 0 N–H and O–H groups in total. The number of aldehydes is 1. The fourth-order valence-corrected chi connectivity index (χ4v) is 2.22. The third-order valence-corrected chi connectivity index (χ3v) is 3.29. The zero-order valence-corrected chi connectivity index (χ0v) is 10.7. The van der Waals surface area contributed by atoms with E-state index >= 15 is 0 Å². The van der Waals surface area contributed by atoms with E-state index in [0.717, 1.165) is 11.2 Å². The van der Waals surface area contributed by atoms with E-state index in [9.17, 15) is 4.79 Å². The second kappa shape index (κ2) is 6.99. The van der Waals surface area contributed by atoms with Crippen molar-refractivity contribution in [2.45, 2.75) is 11.5 Å². The van der Waals surface area contributed by atoms with Gasteiger partial charge in [-0.15, -0.1) is 0 Å². The normalized spacial score (nSPS) is 10.2. The number of ether oxygens (including phenoxy) is 1. The zero-order chi connectivity index (χ0) is 12.6. The Morgan fingerprint density at radius 3 is 2.67 bits per heavy atom. The highest BCUT2D eigenvalue weighted by Gasteiger charge is 1.97. The molecule has 2 rings (SSSR count). The quantitative estimate of drug-likeness (QED) is 0.341. The Bertz CT molecular complexity index is 497. The SMILES string of the molecule is O=Cc1cccc(SCOCc2ccccc2)c1. The van der Waals surface area contributed by atoms with Gasteiger partial charge in [0.2, 0.25) is 0 Å². The van der Waals surface area contributed by atoms with Gasteiger partial charge >= 0.3 is 0 Å². The summed E-state index contributed by atoms with van der Waals surface area (Å²) in [6.45, 7) is 0.612. The minimum Gasteiger partial charge on any atom is -0.366 e.